The fourth-order valence-electron chi connectivity index (χ4n) is 1.51. The van der Waals surface area contributed by atoms with Crippen molar-refractivity contribution in [1.29, 1.82) is 0 Å². The lowest BCUT2D eigenvalue weighted by molar-refractivity contribution is -0.384. The predicted octanol–water partition coefficient (Wildman–Crippen LogP) is 3.34. The minimum absolute atomic E-state index is 0.00972. The molecule has 0 aliphatic carbocycles. The van der Waals surface area contributed by atoms with Gasteiger partial charge in [0.2, 0.25) is 0 Å². The van der Waals surface area contributed by atoms with Crippen LogP contribution in [0.2, 0.25) is 0 Å². The van der Waals surface area contributed by atoms with Crippen LogP contribution in [0.5, 0.6) is 11.5 Å². The zero-order valence-corrected chi connectivity index (χ0v) is 9.58. The van der Waals surface area contributed by atoms with Gasteiger partial charge in [-0.3, -0.25) is 14.9 Å². The van der Waals surface area contributed by atoms with Gasteiger partial charge >= 0.3 is 0 Å². The molecule has 5 nitrogen and oxygen atoms in total. The van der Waals surface area contributed by atoms with Gasteiger partial charge in [0.05, 0.1) is 16.6 Å². The number of non-ortho nitro benzene ring substituents is 1. The second-order valence-corrected chi connectivity index (χ2v) is 3.63. The number of nitrogens with zero attached hydrogens (tertiary/aromatic N) is 1. The first-order chi connectivity index (χ1) is 9.11. The zero-order chi connectivity index (χ0) is 13.8. The lowest BCUT2D eigenvalue weighted by atomic mass is 10.2. The van der Waals surface area contributed by atoms with Crippen molar-refractivity contribution in [1.82, 2.24) is 0 Å². The van der Waals surface area contributed by atoms with Crippen molar-refractivity contribution in [2.24, 2.45) is 0 Å². The lowest BCUT2D eigenvalue weighted by Gasteiger charge is -2.08. The van der Waals surface area contributed by atoms with Crippen LogP contribution in [0.4, 0.5) is 10.1 Å². The monoisotopic (exact) mass is 261 g/mol. The van der Waals surface area contributed by atoms with E-state index in [0.29, 0.717) is 6.29 Å². The summed E-state index contributed by atoms with van der Waals surface area (Å²) in [6.45, 7) is 0. The van der Waals surface area contributed by atoms with Crippen LogP contribution in [0.3, 0.4) is 0 Å². The smallest absolute Gasteiger partial charge is 0.273 e. The van der Waals surface area contributed by atoms with Crippen LogP contribution in [-0.2, 0) is 0 Å². The van der Waals surface area contributed by atoms with Crippen LogP contribution < -0.4 is 4.74 Å². The number of hydrogen-bond acceptors (Lipinski definition) is 4. The standard InChI is InChI=1S/C13H8FNO4/c14-12-5-2-6-13(11(12)8-16)19-10-4-1-3-9(7-10)15(17)18/h1-8H. The number of carbonyl (C=O) groups excluding carboxylic acids is 1. The summed E-state index contributed by atoms with van der Waals surface area (Å²) in [4.78, 5) is 20.8. The van der Waals surface area contributed by atoms with Gasteiger partial charge in [-0.25, -0.2) is 4.39 Å². The van der Waals surface area contributed by atoms with Gasteiger partial charge in [-0.05, 0) is 18.2 Å². The molecule has 0 radical (unpaired) electrons. The molecule has 0 aromatic heterocycles. The van der Waals surface area contributed by atoms with Crippen molar-refractivity contribution in [3.8, 4) is 11.5 Å². The second kappa shape index (κ2) is 5.26. The highest BCUT2D eigenvalue weighted by molar-refractivity contribution is 5.79. The average molecular weight is 261 g/mol. The Balaban J connectivity index is 2.36. The van der Waals surface area contributed by atoms with Gasteiger partial charge < -0.3 is 4.74 Å². The van der Waals surface area contributed by atoms with Gasteiger partial charge in [-0.15, -0.1) is 0 Å². The summed E-state index contributed by atoms with van der Waals surface area (Å²) in [6, 6.07) is 9.34. The minimum Gasteiger partial charge on any atom is -0.456 e. The van der Waals surface area contributed by atoms with Gasteiger partial charge in [0.25, 0.3) is 5.69 Å². The summed E-state index contributed by atoms with van der Waals surface area (Å²) >= 11 is 0. The molecule has 0 spiro atoms. The summed E-state index contributed by atoms with van der Waals surface area (Å²) in [7, 11) is 0. The van der Waals surface area contributed by atoms with E-state index >= 15 is 0 Å². The largest absolute Gasteiger partial charge is 0.456 e. The molecule has 2 rings (SSSR count). The minimum atomic E-state index is -0.710. The molecule has 0 saturated heterocycles. The summed E-state index contributed by atoms with van der Waals surface area (Å²) in [5.41, 5.74) is -0.379. The number of aldehydes is 1. The zero-order valence-electron chi connectivity index (χ0n) is 9.58. The van der Waals surface area contributed by atoms with Gasteiger partial charge in [0, 0.05) is 6.07 Å². The molecule has 0 heterocycles. The molecule has 96 valence electrons. The molecule has 0 unspecified atom stereocenters. The number of carbonyl (C=O) groups is 1. The first kappa shape index (κ1) is 12.7. The SMILES string of the molecule is O=Cc1c(F)cccc1Oc1cccc([N+](=O)[O-])c1. The van der Waals surface area contributed by atoms with Crippen LogP contribution in [0, 0.1) is 15.9 Å². The van der Waals surface area contributed by atoms with E-state index < -0.39 is 10.7 Å². The molecule has 0 fully saturated rings. The Hall–Kier alpha value is -2.76. The maximum Gasteiger partial charge on any atom is 0.273 e. The molecule has 0 bridgehead atoms. The fourth-order valence-corrected chi connectivity index (χ4v) is 1.51. The fraction of sp³-hybridized carbons (Fsp3) is 0. The molecule has 0 aliphatic rings. The van der Waals surface area contributed by atoms with Gasteiger partial charge in [0.1, 0.15) is 17.3 Å². The Morgan fingerprint density at radius 2 is 1.95 bits per heavy atom. The predicted molar refractivity (Wildman–Crippen MR) is 65.0 cm³/mol. The highest BCUT2D eigenvalue weighted by atomic mass is 19.1. The molecule has 0 saturated carbocycles. The molecule has 6 heteroatoms. The van der Waals surface area contributed by atoms with E-state index in [-0.39, 0.29) is 22.7 Å². The number of ether oxygens (including phenoxy) is 1. The number of nitro groups is 1. The van der Waals surface area contributed by atoms with E-state index in [1.807, 2.05) is 0 Å². The van der Waals surface area contributed by atoms with Crippen molar-refractivity contribution in [3.05, 3.63) is 64.0 Å². The molecule has 2 aromatic carbocycles. The normalized spacial score (nSPS) is 9.95. The van der Waals surface area contributed by atoms with Gasteiger partial charge in [-0.1, -0.05) is 12.1 Å². The summed E-state index contributed by atoms with van der Waals surface area (Å²) < 4.78 is 18.6. The van der Waals surface area contributed by atoms with Crippen LogP contribution in [-0.4, -0.2) is 11.2 Å². The summed E-state index contributed by atoms with van der Waals surface area (Å²) in [5.74, 6) is -0.545. The van der Waals surface area contributed by atoms with Crippen molar-refractivity contribution in [2.75, 3.05) is 0 Å². The second-order valence-electron chi connectivity index (χ2n) is 3.63. The Morgan fingerprint density at radius 3 is 2.63 bits per heavy atom. The maximum absolute atomic E-state index is 13.3. The van der Waals surface area contributed by atoms with Crippen LogP contribution in [0.1, 0.15) is 10.4 Å². The van der Waals surface area contributed by atoms with E-state index in [1.165, 1.54) is 36.4 Å². The average Bonchev–Trinajstić information content (AvgIpc) is 2.39. The number of nitro benzene ring substituents is 1. The Kier molecular flexibility index (Phi) is 3.51. The highest BCUT2D eigenvalue weighted by Crippen LogP contribution is 2.28. The Labute approximate surface area is 107 Å². The topological polar surface area (TPSA) is 69.4 Å². The molecule has 0 atom stereocenters. The molecule has 19 heavy (non-hydrogen) atoms. The Bertz CT molecular complexity index is 642. The molecule has 0 aliphatic heterocycles. The van der Waals surface area contributed by atoms with Crippen LogP contribution in [0.25, 0.3) is 0 Å². The molecular weight excluding hydrogens is 253 g/mol. The molecule has 0 amide bonds. The highest BCUT2D eigenvalue weighted by Gasteiger charge is 2.11. The van der Waals surface area contributed by atoms with E-state index in [1.54, 1.807) is 0 Å². The summed E-state index contributed by atoms with van der Waals surface area (Å²) in [5, 5.41) is 10.6. The van der Waals surface area contributed by atoms with Crippen LogP contribution in [0.15, 0.2) is 42.5 Å². The molecule has 2 aromatic rings. The Morgan fingerprint density at radius 1 is 1.21 bits per heavy atom. The van der Waals surface area contributed by atoms with E-state index in [2.05, 4.69) is 0 Å². The van der Waals surface area contributed by atoms with Crippen LogP contribution >= 0.6 is 0 Å². The number of rotatable bonds is 4. The van der Waals surface area contributed by atoms with E-state index in [9.17, 15) is 19.3 Å². The van der Waals surface area contributed by atoms with Crippen molar-refractivity contribution < 1.29 is 18.8 Å². The van der Waals surface area contributed by atoms with E-state index in [4.69, 9.17) is 4.74 Å². The first-order valence-electron chi connectivity index (χ1n) is 5.28. The lowest BCUT2D eigenvalue weighted by Crippen LogP contribution is -1.94. The number of halogens is 1. The van der Waals surface area contributed by atoms with Gasteiger partial charge in [0.15, 0.2) is 6.29 Å². The molecular formula is C13H8FNO4. The van der Waals surface area contributed by atoms with Crippen molar-refractivity contribution in [2.45, 2.75) is 0 Å². The third-order valence-corrected chi connectivity index (χ3v) is 2.39. The third-order valence-electron chi connectivity index (χ3n) is 2.39. The third kappa shape index (κ3) is 2.74. The first-order valence-corrected chi connectivity index (χ1v) is 5.28. The number of hydrogen-bond donors (Lipinski definition) is 0. The molecule has 0 N–H and O–H groups in total. The summed E-state index contributed by atoms with van der Waals surface area (Å²) in [6.07, 6.45) is 0.335. The van der Waals surface area contributed by atoms with Crippen molar-refractivity contribution >= 4 is 12.0 Å². The van der Waals surface area contributed by atoms with Crippen molar-refractivity contribution in [3.63, 3.8) is 0 Å². The quantitative estimate of drug-likeness (QED) is 0.480. The maximum atomic E-state index is 13.3. The number of benzene rings is 2. The van der Waals surface area contributed by atoms with Gasteiger partial charge in [-0.2, -0.15) is 0 Å². The van der Waals surface area contributed by atoms with E-state index in [0.717, 1.165) is 6.07 Å².